The first-order valence-corrected chi connectivity index (χ1v) is 12.0. The van der Waals surface area contributed by atoms with Crippen molar-refractivity contribution in [2.45, 2.75) is 57.2 Å². The number of hydrogen-bond acceptors (Lipinski definition) is 5. The summed E-state index contributed by atoms with van der Waals surface area (Å²) in [6.07, 6.45) is 3.00. The molecule has 1 aliphatic heterocycles. The molecule has 8 nitrogen and oxygen atoms in total. The summed E-state index contributed by atoms with van der Waals surface area (Å²) in [4.78, 5) is 12.5. The van der Waals surface area contributed by atoms with Crippen molar-refractivity contribution in [2.24, 2.45) is 0 Å². The molecule has 4 rings (SSSR count). The average Bonchev–Trinajstić information content (AvgIpc) is 3.44. The Morgan fingerprint density at radius 1 is 1.35 bits per heavy atom. The van der Waals surface area contributed by atoms with Gasteiger partial charge in [0.05, 0.1) is 0 Å². The van der Waals surface area contributed by atoms with Crippen LogP contribution in [0.25, 0.3) is 0 Å². The molecule has 2 aromatic rings. The minimum Gasteiger partial charge on any atom is -0.360 e. The number of carbonyl (C=O) groups excluding carboxylic acids is 1. The van der Waals surface area contributed by atoms with Crippen LogP contribution in [-0.2, 0) is 16.8 Å². The highest BCUT2D eigenvalue weighted by atomic mass is 35.5. The van der Waals surface area contributed by atoms with Crippen LogP contribution in [0.1, 0.15) is 60.3 Å². The van der Waals surface area contributed by atoms with Crippen molar-refractivity contribution in [1.29, 1.82) is 0 Å². The molecule has 2 N–H and O–H groups in total. The standard InChI is InChI=1S/C20H24ClFN4O4S/c1-12-9-14(24-20(27)18-10-19(30-25-18)13-5-6-13)7-8-26(12)31(28,29)23-11-15-16(21)3-2-4-17(15)22/h2-4,10,12-14,23H,5-9,11H2,1H3,(H,24,27)/t12-,14-/m0/s1. The Labute approximate surface area is 185 Å². The van der Waals surface area contributed by atoms with Crippen molar-refractivity contribution >= 4 is 27.7 Å². The lowest BCUT2D eigenvalue weighted by Crippen LogP contribution is -2.53. The summed E-state index contributed by atoms with van der Waals surface area (Å²) in [6.45, 7) is 1.75. The van der Waals surface area contributed by atoms with E-state index in [1.165, 1.54) is 22.5 Å². The molecule has 1 aromatic heterocycles. The Morgan fingerprint density at radius 3 is 2.81 bits per heavy atom. The van der Waals surface area contributed by atoms with Gasteiger partial charge in [0.15, 0.2) is 5.69 Å². The van der Waals surface area contributed by atoms with E-state index in [1.807, 2.05) is 0 Å². The summed E-state index contributed by atoms with van der Waals surface area (Å²) in [5, 5.41) is 6.91. The van der Waals surface area contributed by atoms with E-state index in [0.717, 1.165) is 18.6 Å². The Morgan fingerprint density at radius 2 is 2.13 bits per heavy atom. The minimum atomic E-state index is -3.85. The maximum absolute atomic E-state index is 13.9. The first-order chi connectivity index (χ1) is 14.7. The number of benzene rings is 1. The normalized spacial score (nSPS) is 22.4. The third kappa shape index (κ3) is 5.08. The molecule has 0 radical (unpaired) electrons. The van der Waals surface area contributed by atoms with E-state index in [2.05, 4.69) is 15.2 Å². The van der Waals surface area contributed by atoms with E-state index in [9.17, 15) is 17.6 Å². The molecule has 1 aromatic carbocycles. The van der Waals surface area contributed by atoms with Crippen LogP contribution < -0.4 is 10.0 Å². The maximum Gasteiger partial charge on any atom is 0.279 e. The smallest absolute Gasteiger partial charge is 0.279 e. The number of nitrogens with zero attached hydrogens (tertiary/aromatic N) is 2. The highest BCUT2D eigenvalue weighted by molar-refractivity contribution is 7.87. The van der Waals surface area contributed by atoms with Crippen molar-refractivity contribution in [1.82, 2.24) is 19.5 Å². The third-order valence-electron chi connectivity index (χ3n) is 5.69. The number of halogens is 2. The van der Waals surface area contributed by atoms with E-state index >= 15 is 0 Å². The van der Waals surface area contributed by atoms with Gasteiger partial charge in [0.25, 0.3) is 16.1 Å². The fraction of sp³-hybridized carbons (Fsp3) is 0.500. The number of hydrogen-bond donors (Lipinski definition) is 2. The molecule has 2 aliphatic rings. The van der Waals surface area contributed by atoms with Crippen LogP contribution in [-0.4, -0.2) is 42.4 Å². The largest absolute Gasteiger partial charge is 0.360 e. The molecule has 0 unspecified atom stereocenters. The molecule has 168 valence electrons. The number of carbonyl (C=O) groups is 1. The second-order valence-electron chi connectivity index (χ2n) is 8.07. The highest BCUT2D eigenvalue weighted by Crippen LogP contribution is 2.40. The first-order valence-electron chi connectivity index (χ1n) is 10.2. The van der Waals surface area contributed by atoms with Gasteiger partial charge in [-0.1, -0.05) is 22.8 Å². The Kier molecular flexibility index (Phi) is 6.34. The second kappa shape index (κ2) is 8.85. The number of piperidine rings is 1. The SMILES string of the molecule is C[C@H]1C[C@@H](NC(=O)c2cc(C3CC3)on2)CCN1S(=O)(=O)NCc1c(F)cccc1Cl. The van der Waals surface area contributed by atoms with E-state index in [0.29, 0.717) is 18.8 Å². The van der Waals surface area contributed by atoms with Gasteiger partial charge in [-0.3, -0.25) is 4.79 Å². The summed E-state index contributed by atoms with van der Waals surface area (Å²) < 4.78 is 48.4. The van der Waals surface area contributed by atoms with Crippen molar-refractivity contribution in [3.8, 4) is 0 Å². The highest BCUT2D eigenvalue weighted by Gasteiger charge is 2.35. The molecular formula is C20H24ClFN4O4S. The van der Waals surface area contributed by atoms with Gasteiger partial charge in [-0.25, -0.2) is 4.39 Å². The molecule has 31 heavy (non-hydrogen) atoms. The van der Waals surface area contributed by atoms with Crippen molar-refractivity contribution in [3.05, 3.63) is 52.1 Å². The minimum absolute atomic E-state index is 0.0979. The van der Waals surface area contributed by atoms with E-state index in [-0.39, 0.29) is 47.4 Å². The average molecular weight is 471 g/mol. The summed E-state index contributed by atoms with van der Waals surface area (Å²) in [5.74, 6) is 0.216. The Bertz CT molecular complexity index is 1050. The van der Waals surface area contributed by atoms with Gasteiger partial charge in [-0.15, -0.1) is 0 Å². The fourth-order valence-electron chi connectivity index (χ4n) is 3.80. The number of nitrogens with one attached hydrogen (secondary N) is 2. The van der Waals surface area contributed by atoms with E-state index in [1.54, 1.807) is 13.0 Å². The molecule has 2 fully saturated rings. The first kappa shape index (κ1) is 22.2. The lowest BCUT2D eigenvalue weighted by molar-refractivity contribution is 0.0905. The van der Waals surface area contributed by atoms with Crippen molar-refractivity contribution in [2.75, 3.05) is 6.54 Å². The van der Waals surface area contributed by atoms with Gasteiger partial charge in [0.2, 0.25) is 0 Å². The van der Waals surface area contributed by atoms with Crippen LogP contribution in [0, 0.1) is 5.82 Å². The molecule has 1 amide bonds. The van der Waals surface area contributed by atoms with Crippen LogP contribution in [0.2, 0.25) is 5.02 Å². The number of rotatable bonds is 7. The van der Waals surface area contributed by atoms with Crippen LogP contribution in [0.4, 0.5) is 4.39 Å². The van der Waals surface area contributed by atoms with E-state index < -0.39 is 16.0 Å². The summed E-state index contributed by atoms with van der Waals surface area (Å²) in [6, 6.07) is 5.33. The third-order valence-corrected chi connectivity index (χ3v) is 7.72. The van der Waals surface area contributed by atoms with Crippen molar-refractivity contribution in [3.63, 3.8) is 0 Å². The summed E-state index contributed by atoms with van der Waals surface area (Å²) in [7, 11) is -3.85. The summed E-state index contributed by atoms with van der Waals surface area (Å²) >= 11 is 5.97. The van der Waals surface area contributed by atoms with Crippen LogP contribution >= 0.6 is 11.6 Å². The Hall–Kier alpha value is -2.01. The molecular weight excluding hydrogens is 447 g/mol. The molecule has 1 aliphatic carbocycles. The topological polar surface area (TPSA) is 105 Å². The predicted molar refractivity (Wildman–Crippen MR) is 112 cm³/mol. The quantitative estimate of drug-likeness (QED) is 0.647. The van der Waals surface area contributed by atoms with E-state index in [4.69, 9.17) is 16.1 Å². The van der Waals surface area contributed by atoms with Crippen molar-refractivity contribution < 1.29 is 22.1 Å². The van der Waals surface area contributed by atoms with Gasteiger partial charge in [0.1, 0.15) is 11.6 Å². The molecule has 2 atom stereocenters. The van der Waals surface area contributed by atoms with Gasteiger partial charge in [-0.05, 0) is 44.7 Å². The van der Waals surface area contributed by atoms with Gasteiger partial charge in [-0.2, -0.15) is 17.4 Å². The predicted octanol–water partition coefficient (Wildman–Crippen LogP) is 2.96. The van der Waals surface area contributed by atoms with Crippen LogP contribution in [0.3, 0.4) is 0 Å². The van der Waals surface area contributed by atoms with Gasteiger partial charge >= 0.3 is 0 Å². The van der Waals surface area contributed by atoms with Crippen LogP contribution in [0.15, 0.2) is 28.8 Å². The van der Waals surface area contributed by atoms with Crippen LogP contribution in [0.5, 0.6) is 0 Å². The number of aromatic nitrogens is 1. The molecule has 2 heterocycles. The second-order valence-corrected chi connectivity index (χ2v) is 10.2. The summed E-state index contributed by atoms with van der Waals surface area (Å²) in [5.41, 5.74) is 0.341. The zero-order valence-electron chi connectivity index (χ0n) is 17.0. The maximum atomic E-state index is 13.9. The number of amides is 1. The Balaban J connectivity index is 1.32. The lowest BCUT2D eigenvalue weighted by atomic mass is 10.0. The van der Waals surface area contributed by atoms with Gasteiger partial charge in [0, 0.05) is 47.7 Å². The zero-order chi connectivity index (χ0) is 22.2. The van der Waals surface area contributed by atoms with Gasteiger partial charge < -0.3 is 9.84 Å². The fourth-order valence-corrected chi connectivity index (χ4v) is 5.43. The zero-order valence-corrected chi connectivity index (χ0v) is 18.5. The lowest BCUT2D eigenvalue weighted by Gasteiger charge is -2.36. The molecule has 0 bridgehead atoms. The molecule has 1 saturated carbocycles. The molecule has 1 saturated heterocycles. The molecule has 11 heteroatoms. The monoisotopic (exact) mass is 470 g/mol. The molecule has 0 spiro atoms.